The highest BCUT2D eigenvalue weighted by atomic mass is 16.1. The van der Waals surface area contributed by atoms with Crippen LogP contribution in [0.4, 0.5) is 0 Å². The van der Waals surface area contributed by atoms with Gasteiger partial charge in [-0.25, -0.2) is 0 Å². The van der Waals surface area contributed by atoms with E-state index in [4.69, 9.17) is 5.73 Å². The van der Waals surface area contributed by atoms with E-state index in [2.05, 4.69) is 18.9 Å². The largest absolute Gasteiger partial charge is 0.368 e. The molecule has 1 aromatic heterocycles. The third-order valence-corrected chi connectivity index (χ3v) is 4.25. The van der Waals surface area contributed by atoms with Crippen LogP contribution in [0.5, 0.6) is 0 Å². The van der Waals surface area contributed by atoms with E-state index >= 15 is 0 Å². The Bertz CT molecular complexity index is 402. The Labute approximate surface area is 135 Å². The second-order valence-corrected chi connectivity index (χ2v) is 6.33. The van der Waals surface area contributed by atoms with Gasteiger partial charge in [0.15, 0.2) is 0 Å². The maximum Gasteiger partial charge on any atom is 0.239 e. The van der Waals surface area contributed by atoms with Crippen molar-refractivity contribution >= 4 is 5.91 Å². The summed E-state index contributed by atoms with van der Waals surface area (Å²) < 4.78 is 1.67. The second-order valence-electron chi connectivity index (χ2n) is 6.33. The molecule has 2 N–H and O–H groups in total. The van der Waals surface area contributed by atoms with E-state index in [1.165, 1.54) is 69.8 Å². The maximum atomic E-state index is 11.0. The molecule has 1 heterocycles. The number of nitrogens with zero attached hydrogens (tertiary/aromatic N) is 2. The Morgan fingerprint density at radius 2 is 1.68 bits per heavy atom. The number of carbonyl (C=O) groups excluding carboxylic acids is 1. The Morgan fingerprint density at radius 1 is 1.09 bits per heavy atom. The topological polar surface area (TPSA) is 60.9 Å². The Kier molecular flexibility index (Phi) is 9.60. The monoisotopic (exact) mass is 307 g/mol. The summed E-state index contributed by atoms with van der Waals surface area (Å²) in [7, 11) is 0. The van der Waals surface area contributed by atoms with Gasteiger partial charge in [0.2, 0.25) is 5.91 Å². The van der Waals surface area contributed by atoms with Gasteiger partial charge >= 0.3 is 0 Å². The molecule has 1 aromatic rings. The number of primary amides is 1. The number of unbranched alkanes of at least 4 members (excludes halogenated alkanes) is 6. The highest BCUT2D eigenvalue weighted by Gasteiger charge is 2.14. The molecule has 22 heavy (non-hydrogen) atoms. The molecule has 0 fully saturated rings. The summed E-state index contributed by atoms with van der Waals surface area (Å²) in [6.45, 7) is 4.67. The van der Waals surface area contributed by atoms with Crippen molar-refractivity contribution in [3.05, 3.63) is 18.0 Å². The first kappa shape index (κ1) is 18.7. The first-order valence-electron chi connectivity index (χ1n) is 8.98. The molecule has 0 radical (unpaired) electrons. The van der Waals surface area contributed by atoms with Gasteiger partial charge in [-0.15, -0.1) is 0 Å². The standard InChI is InChI=1S/C18H33N3O/c1-3-5-7-9-11-16(12-10-8-6-4-2)17-13-20-21(14-17)15-18(19)22/h13-14,16H,3-12,15H2,1-2H3,(H2,19,22). The number of amides is 1. The molecule has 0 spiro atoms. The summed E-state index contributed by atoms with van der Waals surface area (Å²) in [5.41, 5.74) is 6.51. The van der Waals surface area contributed by atoms with Crippen molar-refractivity contribution < 1.29 is 4.79 Å². The molecule has 0 unspecified atom stereocenters. The summed E-state index contributed by atoms with van der Waals surface area (Å²) in [6, 6.07) is 0. The van der Waals surface area contributed by atoms with Crippen LogP contribution < -0.4 is 5.73 Å². The van der Waals surface area contributed by atoms with Crippen LogP contribution in [0.1, 0.15) is 89.5 Å². The van der Waals surface area contributed by atoms with Gasteiger partial charge in [0.25, 0.3) is 0 Å². The first-order valence-corrected chi connectivity index (χ1v) is 8.98. The molecule has 0 aliphatic heterocycles. The van der Waals surface area contributed by atoms with E-state index in [0.717, 1.165) is 0 Å². The molecule has 4 nitrogen and oxygen atoms in total. The summed E-state index contributed by atoms with van der Waals surface area (Å²) >= 11 is 0. The van der Waals surface area contributed by atoms with Gasteiger partial charge < -0.3 is 5.73 Å². The second kappa shape index (κ2) is 11.3. The zero-order chi connectivity index (χ0) is 16.2. The van der Waals surface area contributed by atoms with Crippen LogP contribution in [0, 0.1) is 0 Å². The number of hydrogen-bond acceptors (Lipinski definition) is 2. The van der Waals surface area contributed by atoms with E-state index in [-0.39, 0.29) is 12.5 Å². The van der Waals surface area contributed by atoms with Gasteiger partial charge in [-0.3, -0.25) is 9.48 Å². The number of hydrogen-bond donors (Lipinski definition) is 1. The molecule has 0 aliphatic rings. The van der Waals surface area contributed by atoms with Crippen molar-refractivity contribution in [1.82, 2.24) is 9.78 Å². The van der Waals surface area contributed by atoms with Gasteiger partial charge in [0, 0.05) is 6.20 Å². The number of carbonyl (C=O) groups is 1. The molecule has 0 bridgehead atoms. The average molecular weight is 307 g/mol. The fourth-order valence-corrected chi connectivity index (χ4v) is 2.95. The van der Waals surface area contributed by atoms with Gasteiger partial charge in [-0.1, -0.05) is 65.2 Å². The van der Waals surface area contributed by atoms with Crippen LogP contribution in [-0.2, 0) is 11.3 Å². The lowest BCUT2D eigenvalue weighted by molar-refractivity contribution is -0.118. The molecule has 0 aromatic carbocycles. The average Bonchev–Trinajstić information content (AvgIpc) is 2.93. The van der Waals surface area contributed by atoms with Crippen LogP contribution in [0.3, 0.4) is 0 Å². The number of aromatic nitrogens is 2. The molecule has 1 amide bonds. The predicted octanol–water partition coefficient (Wildman–Crippen LogP) is 4.39. The SMILES string of the molecule is CCCCCCC(CCCCCC)c1cnn(CC(N)=O)c1. The minimum Gasteiger partial charge on any atom is -0.368 e. The summed E-state index contributed by atoms with van der Waals surface area (Å²) in [5.74, 6) is 0.243. The Morgan fingerprint density at radius 3 is 2.18 bits per heavy atom. The highest BCUT2D eigenvalue weighted by Crippen LogP contribution is 2.28. The van der Waals surface area contributed by atoms with Crippen molar-refractivity contribution in [3.8, 4) is 0 Å². The van der Waals surface area contributed by atoms with Crippen LogP contribution in [-0.4, -0.2) is 15.7 Å². The third-order valence-electron chi connectivity index (χ3n) is 4.25. The van der Waals surface area contributed by atoms with E-state index in [9.17, 15) is 4.79 Å². The smallest absolute Gasteiger partial charge is 0.239 e. The molecular formula is C18H33N3O. The van der Waals surface area contributed by atoms with Crippen molar-refractivity contribution in [2.24, 2.45) is 5.73 Å². The van der Waals surface area contributed by atoms with Crippen molar-refractivity contribution in [2.75, 3.05) is 0 Å². The van der Waals surface area contributed by atoms with E-state index in [1.807, 2.05) is 12.4 Å². The van der Waals surface area contributed by atoms with Crippen molar-refractivity contribution in [3.63, 3.8) is 0 Å². The van der Waals surface area contributed by atoms with Gasteiger partial charge in [-0.05, 0) is 24.3 Å². The molecule has 0 atom stereocenters. The minimum atomic E-state index is -0.336. The van der Waals surface area contributed by atoms with E-state index in [1.54, 1.807) is 4.68 Å². The fraction of sp³-hybridized carbons (Fsp3) is 0.778. The van der Waals surface area contributed by atoms with Crippen LogP contribution >= 0.6 is 0 Å². The molecule has 126 valence electrons. The summed E-state index contributed by atoms with van der Waals surface area (Å²) in [4.78, 5) is 11.0. The molecule has 1 rings (SSSR count). The van der Waals surface area contributed by atoms with Gasteiger partial charge in [0.1, 0.15) is 6.54 Å². The summed E-state index contributed by atoms with van der Waals surface area (Å²) in [5, 5.41) is 4.28. The number of rotatable bonds is 13. The highest BCUT2D eigenvalue weighted by molar-refractivity contribution is 5.73. The Hall–Kier alpha value is -1.32. The van der Waals surface area contributed by atoms with Crippen molar-refractivity contribution in [1.29, 1.82) is 0 Å². The lowest BCUT2D eigenvalue weighted by atomic mass is 9.90. The first-order chi connectivity index (χ1) is 10.7. The molecular weight excluding hydrogens is 274 g/mol. The minimum absolute atomic E-state index is 0.179. The fourth-order valence-electron chi connectivity index (χ4n) is 2.95. The van der Waals surface area contributed by atoms with Gasteiger partial charge in [-0.2, -0.15) is 5.10 Å². The van der Waals surface area contributed by atoms with Crippen LogP contribution in [0.15, 0.2) is 12.4 Å². The maximum absolute atomic E-state index is 11.0. The quantitative estimate of drug-likeness (QED) is 0.549. The molecule has 4 heteroatoms. The van der Waals surface area contributed by atoms with E-state index < -0.39 is 0 Å². The Balaban J connectivity index is 2.54. The zero-order valence-electron chi connectivity index (χ0n) is 14.4. The lowest BCUT2D eigenvalue weighted by Crippen LogP contribution is -2.18. The predicted molar refractivity (Wildman–Crippen MR) is 91.7 cm³/mol. The number of nitrogens with two attached hydrogens (primary N) is 1. The van der Waals surface area contributed by atoms with Gasteiger partial charge in [0.05, 0.1) is 6.20 Å². The summed E-state index contributed by atoms with van der Waals surface area (Å²) in [6.07, 6.45) is 16.8. The third kappa shape index (κ3) is 7.62. The molecule has 0 saturated heterocycles. The zero-order valence-corrected chi connectivity index (χ0v) is 14.4. The van der Waals surface area contributed by atoms with E-state index in [0.29, 0.717) is 5.92 Å². The van der Waals surface area contributed by atoms with Crippen LogP contribution in [0.2, 0.25) is 0 Å². The van der Waals surface area contributed by atoms with Crippen molar-refractivity contribution in [2.45, 2.75) is 90.5 Å². The normalized spacial score (nSPS) is 11.2. The van der Waals surface area contributed by atoms with Crippen LogP contribution in [0.25, 0.3) is 0 Å². The molecule has 0 saturated carbocycles. The lowest BCUT2D eigenvalue weighted by Gasteiger charge is -2.15. The molecule has 0 aliphatic carbocycles.